The maximum Gasteiger partial charge on any atom is 0.148 e. The highest BCUT2D eigenvalue weighted by molar-refractivity contribution is 5.58. The molecule has 0 aromatic carbocycles. The molecule has 4 N–H and O–H groups in total. The first kappa shape index (κ1) is 12.1. The van der Waals surface area contributed by atoms with E-state index >= 15 is 0 Å². The van der Waals surface area contributed by atoms with E-state index in [9.17, 15) is 0 Å². The molecule has 1 heterocycles. The van der Waals surface area contributed by atoms with Crippen molar-refractivity contribution in [3.63, 3.8) is 0 Å². The fourth-order valence-corrected chi connectivity index (χ4v) is 2.11. The van der Waals surface area contributed by atoms with Crippen molar-refractivity contribution in [3.05, 3.63) is 11.9 Å². The molecule has 0 radical (unpaired) electrons. The first-order chi connectivity index (χ1) is 8.13. The van der Waals surface area contributed by atoms with E-state index in [2.05, 4.69) is 41.5 Å². The largest absolute Gasteiger partial charge is 0.369 e. The Morgan fingerprint density at radius 3 is 2.59 bits per heavy atom. The van der Waals surface area contributed by atoms with E-state index in [1.807, 2.05) is 0 Å². The maximum absolute atomic E-state index is 5.48. The molecule has 1 fully saturated rings. The van der Waals surface area contributed by atoms with E-state index in [-0.39, 0.29) is 0 Å². The van der Waals surface area contributed by atoms with Crippen molar-refractivity contribution >= 4 is 11.6 Å². The van der Waals surface area contributed by atoms with Crippen LogP contribution in [0.5, 0.6) is 0 Å². The van der Waals surface area contributed by atoms with Gasteiger partial charge in [0.2, 0.25) is 0 Å². The minimum Gasteiger partial charge on any atom is -0.369 e. The van der Waals surface area contributed by atoms with Gasteiger partial charge in [0.1, 0.15) is 18.0 Å². The van der Waals surface area contributed by atoms with Crippen LogP contribution in [0, 0.1) is 11.8 Å². The molecule has 2 atom stereocenters. The maximum atomic E-state index is 5.48. The van der Waals surface area contributed by atoms with Crippen LogP contribution in [-0.4, -0.2) is 16.5 Å². The number of aromatic nitrogens is 2. The highest BCUT2D eigenvalue weighted by Crippen LogP contribution is 2.38. The third kappa shape index (κ3) is 2.66. The predicted molar refractivity (Wildman–Crippen MR) is 69.7 cm³/mol. The van der Waals surface area contributed by atoms with Crippen LogP contribution < -0.4 is 16.6 Å². The molecule has 0 amide bonds. The molecule has 0 spiro atoms. The zero-order valence-electron chi connectivity index (χ0n) is 10.7. The number of hydrazine groups is 1. The minimum atomic E-state index is 0.335. The van der Waals surface area contributed by atoms with Gasteiger partial charge >= 0.3 is 0 Å². The molecule has 94 valence electrons. The van der Waals surface area contributed by atoms with Gasteiger partial charge < -0.3 is 10.7 Å². The summed E-state index contributed by atoms with van der Waals surface area (Å²) < 4.78 is 0. The lowest BCUT2D eigenvalue weighted by atomic mass is 10.0. The summed E-state index contributed by atoms with van der Waals surface area (Å²) in [6.07, 6.45) is 2.86. The van der Waals surface area contributed by atoms with Crippen molar-refractivity contribution in [2.45, 2.75) is 33.1 Å². The monoisotopic (exact) mass is 235 g/mol. The Hall–Kier alpha value is -1.36. The second kappa shape index (κ2) is 4.87. The lowest BCUT2D eigenvalue weighted by molar-refractivity contribution is 0.776. The number of hydrogen-bond donors (Lipinski definition) is 3. The van der Waals surface area contributed by atoms with E-state index in [0.717, 1.165) is 29.8 Å². The first-order valence-corrected chi connectivity index (χ1v) is 6.18. The summed E-state index contributed by atoms with van der Waals surface area (Å²) in [6.45, 7) is 7.50. The molecule has 2 rings (SSSR count). The third-order valence-corrected chi connectivity index (χ3v) is 3.41. The zero-order chi connectivity index (χ0) is 12.4. The summed E-state index contributed by atoms with van der Waals surface area (Å²) in [5.41, 5.74) is 3.70. The van der Waals surface area contributed by atoms with E-state index in [1.54, 1.807) is 6.33 Å². The summed E-state index contributed by atoms with van der Waals surface area (Å²) in [6, 6.07) is 0. The van der Waals surface area contributed by atoms with Crippen molar-refractivity contribution in [3.8, 4) is 0 Å². The summed E-state index contributed by atoms with van der Waals surface area (Å²) >= 11 is 0. The standard InChI is InChI=1S/C12H21N5/c1-7(2)10-11(14-5-9-4-8(9)3)15-6-16-12(10)17-13/h6-9H,4-5,13H2,1-3H3,(H2,14,15,16,17). The van der Waals surface area contributed by atoms with Crippen molar-refractivity contribution in [2.75, 3.05) is 17.3 Å². The van der Waals surface area contributed by atoms with Gasteiger partial charge in [-0.15, -0.1) is 0 Å². The fraction of sp³-hybridized carbons (Fsp3) is 0.667. The average molecular weight is 235 g/mol. The molecule has 5 heteroatoms. The molecule has 1 aromatic heterocycles. The van der Waals surface area contributed by atoms with Crippen LogP contribution >= 0.6 is 0 Å². The van der Waals surface area contributed by atoms with Crippen molar-refractivity contribution in [2.24, 2.45) is 17.7 Å². The Bertz CT molecular complexity index is 390. The van der Waals surface area contributed by atoms with Gasteiger partial charge in [-0.2, -0.15) is 0 Å². The smallest absolute Gasteiger partial charge is 0.148 e. The van der Waals surface area contributed by atoms with Crippen LogP contribution in [0.4, 0.5) is 11.6 Å². The molecular formula is C12H21N5. The second-order valence-electron chi connectivity index (χ2n) is 5.14. The van der Waals surface area contributed by atoms with Crippen LogP contribution in [0.15, 0.2) is 6.33 Å². The molecule has 1 aliphatic carbocycles. The van der Waals surface area contributed by atoms with Gasteiger partial charge in [0.15, 0.2) is 0 Å². The SMILES string of the molecule is CC(C)c1c(NN)ncnc1NCC1CC1C. The molecule has 0 saturated heterocycles. The Morgan fingerprint density at radius 2 is 2.06 bits per heavy atom. The van der Waals surface area contributed by atoms with Gasteiger partial charge in [0.05, 0.1) is 0 Å². The molecule has 17 heavy (non-hydrogen) atoms. The molecule has 1 aliphatic rings. The third-order valence-electron chi connectivity index (χ3n) is 3.41. The molecule has 1 saturated carbocycles. The second-order valence-corrected chi connectivity index (χ2v) is 5.14. The van der Waals surface area contributed by atoms with Crippen molar-refractivity contribution in [1.29, 1.82) is 0 Å². The van der Waals surface area contributed by atoms with Crippen LogP contribution in [-0.2, 0) is 0 Å². The molecular weight excluding hydrogens is 214 g/mol. The van der Waals surface area contributed by atoms with Crippen LogP contribution in [0.2, 0.25) is 0 Å². The van der Waals surface area contributed by atoms with Gasteiger partial charge in [0.25, 0.3) is 0 Å². The summed E-state index contributed by atoms with van der Waals surface area (Å²) in [5.74, 6) is 9.07. The van der Waals surface area contributed by atoms with Crippen molar-refractivity contribution in [1.82, 2.24) is 9.97 Å². The fourth-order valence-electron chi connectivity index (χ4n) is 2.11. The van der Waals surface area contributed by atoms with Crippen molar-refractivity contribution < 1.29 is 0 Å². The van der Waals surface area contributed by atoms with Gasteiger partial charge in [-0.3, -0.25) is 0 Å². The van der Waals surface area contributed by atoms with E-state index in [4.69, 9.17) is 5.84 Å². The van der Waals surface area contributed by atoms with E-state index < -0.39 is 0 Å². The summed E-state index contributed by atoms with van der Waals surface area (Å²) in [5, 5.41) is 3.42. The molecule has 1 aromatic rings. The normalized spacial score (nSPS) is 22.6. The highest BCUT2D eigenvalue weighted by atomic mass is 15.3. The Labute approximate surface area is 102 Å². The van der Waals surface area contributed by atoms with Gasteiger partial charge in [0, 0.05) is 12.1 Å². The predicted octanol–water partition coefficient (Wildman–Crippen LogP) is 1.95. The number of hydrogen-bond acceptors (Lipinski definition) is 5. The number of anilines is 2. The average Bonchev–Trinajstić information content (AvgIpc) is 3.01. The number of nitrogens with two attached hydrogens (primary N) is 1. The number of nitrogen functional groups attached to an aromatic ring is 1. The summed E-state index contributed by atoms with van der Waals surface area (Å²) in [4.78, 5) is 8.47. The lowest BCUT2D eigenvalue weighted by Crippen LogP contribution is -2.16. The molecule has 0 bridgehead atoms. The molecule has 5 nitrogen and oxygen atoms in total. The Morgan fingerprint density at radius 1 is 1.41 bits per heavy atom. The van der Waals surface area contributed by atoms with Crippen LogP contribution in [0.3, 0.4) is 0 Å². The number of rotatable bonds is 5. The minimum absolute atomic E-state index is 0.335. The number of nitrogens with one attached hydrogen (secondary N) is 2. The quantitative estimate of drug-likeness (QED) is 0.537. The lowest BCUT2D eigenvalue weighted by Gasteiger charge is -2.16. The topological polar surface area (TPSA) is 75.9 Å². The van der Waals surface area contributed by atoms with Gasteiger partial charge in [-0.05, 0) is 24.2 Å². The van der Waals surface area contributed by atoms with E-state index in [1.165, 1.54) is 6.42 Å². The number of nitrogens with zero attached hydrogens (tertiary/aromatic N) is 2. The first-order valence-electron chi connectivity index (χ1n) is 6.18. The molecule has 0 aliphatic heterocycles. The Balaban J connectivity index is 2.13. The van der Waals surface area contributed by atoms with Crippen LogP contribution in [0.25, 0.3) is 0 Å². The molecule has 2 unspecified atom stereocenters. The summed E-state index contributed by atoms with van der Waals surface area (Å²) in [7, 11) is 0. The Kier molecular flexibility index (Phi) is 3.47. The van der Waals surface area contributed by atoms with Gasteiger partial charge in [-0.1, -0.05) is 20.8 Å². The van der Waals surface area contributed by atoms with Crippen LogP contribution in [0.1, 0.15) is 38.7 Å². The van der Waals surface area contributed by atoms with E-state index in [0.29, 0.717) is 11.7 Å². The highest BCUT2D eigenvalue weighted by Gasteiger charge is 2.32. The van der Waals surface area contributed by atoms with Gasteiger partial charge in [-0.25, -0.2) is 15.8 Å². The zero-order valence-corrected chi connectivity index (χ0v) is 10.7.